The number of nitrogens with zero attached hydrogens (tertiary/aromatic N) is 1. The molecular weight excluding hydrogens is 398 g/mol. The molecule has 3 aromatic rings. The average molecular weight is 418 g/mol. The zero-order valence-corrected chi connectivity index (χ0v) is 16.5. The van der Waals surface area contributed by atoms with Crippen molar-refractivity contribution >= 4 is 44.6 Å². The first-order valence-electron chi connectivity index (χ1n) is 8.15. The zero-order valence-electron chi connectivity index (χ0n) is 14.1. The monoisotopic (exact) mass is 417 g/mol. The van der Waals surface area contributed by atoms with Gasteiger partial charge in [0.15, 0.2) is 0 Å². The van der Waals surface area contributed by atoms with Crippen molar-refractivity contribution in [2.75, 3.05) is 5.75 Å². The number of aromatic nitrogens is 2. The van der Waals surface area contributed by atoms with Crippen LogP contribution in [0, 0.1) is 5.92 Å². The van der Waals surface area contributed by atoms with Crippen LogP contribution in [0.15, 0.2) is 57.9 Å². The molecule has 6 heteroatoms. The van der Waals surface area contributed by atoms with Crippen LogP contribution in [0.25, 0.3) is 11.0 Å². The van der Waals surface area contributed by atoms with Crippen molar-refractivity contribution in [1.29, 1.82) is 0 Å². The van der Waals surface area contributed by atoms with Crippen molar-refractivity contribution in [2.45, 2.75) is 24.8 Å². The Bertz CT molecular complexity index is 827. The summed E-state index contributed by atoms with van der Waals surface area (Å²) in [5.41, 5.74) is 1.91. The third-order valence-electron chi connectivity index (χ3n) is 3.87. The van der Waals surface area contributed by atoms with Gasteiger partial charge in [0.1, 0.15) is 5.82 Å². The Morgan fingerprint density at radius 1 is 1.20 bits per heavy atom. The van der Waals surface area contributed by atoms with Gasteiger partial charge in [-0.1, -0.05) is 41.9 Å². The highest BCUT2D eigenvalue weighted by molar-refractivity contribution is 9.10. The summed E-state index contributed by atoms with van der Waals surface area (Å²) < 4.78 is 1.03. The number of rotatable bonds is 6. The maximum atomic E-state index is 12.4. The van der Waals surface area contributed by atoms with Gasteiger partial charge >= 0.3 is 0 Å². The number of aromatic amines is 1. The normalized spacial score (nSPS) is 12.5. The highest BCUT2D eigenvalue weighted by atomic mass is 79.9. The summed E-state index contributed by atoms with van der Waals surface area (Å²) in [5, 5.41) is 3.11. The number of hydrogen-bond acceptors (Lipinski definition) is 3. The first kappa shape index (κ1) is 18.0. The van der Waals surface area contributed by atoms with E-state index in [1.807, 2.05) is 48.5 Å². The molecule has 0 aliphatic heterocycles. The zero-order chi connectivity index (χ0) is 17.8. The number of benzene rings is 2. The lowest BCUT2D eigenvalue weighted by molar-refractivity contribution is -0.119. The van der Waals surface area contributed by atoms with Crippen LogP contribution in [0.2, 0.25) is 0 Å². The van der Waals surface area contributed by atoms with E-state index in [1.165, 1.54) is 11.8 Å². The lowest BCUT2D eigenvalue weighted by Gasteiger charge is -2.20. The maximum absolute atomic E-state index is 12.4. The van der Waals surface area contributed by atoms with E-state index in [4.69, 9.17) is 0 Å². The summed E-state index contributed by atoms with van der Waals surface area (Å²) in [4.78, 5) is 21.4. The van der Waals surface area contributed by atoms with E-state index in [2.05, 4.69) is 45.1 Å². The van der Waals surface area contributed by atoms with E-state index in [0.717, 1.165) is 26.2 Å². The highest BCUT2D eigenvalue weighted by Crippen LogP contribution is 2.24. The Morgan fingerprint density at radius 2 is 1.92 bits per heavy atom. The molecule has 0 aliphatic carbocycles. The Morgan fingerprint density at radius 3 is 2.60 bits per heavy atom. The van der Waals surface area contributed by atoms with Crippen LogP contribution < -0.4 is 5.32 Å². The fourth-order valence-electron chi connectivity index (χ4n) is 2.57. The number of fused-ring (bicyclic) bond motifs is 1. The Labute approximate surface area is 159 Å². The summed E-state index contributed by atoms with van der Waals surface area (Å²) in [7, 11) is 0. The molecule has 4 nitrogen and oxygen atoms in total. The number of amides is 1. The molecule has 2 N–H and O–H groups in total. The second-order valence-corrected chi connectivity index (χ2v) is 8.14. The molecule has 1 aromatic heterocycles. The van der Waals surface area contributed by atoms with Crippen LogP contribution in [-0.2, 0) is 4.79 Å². The standard InChI is InChI=1S/C19H20BrN3OS/c1-12(2)18(19-21-15-5-3-4-6-16(15)22-19)23-17(24)11-25-14-9-7-13(20)8-10-14/h3-10,12,18H,11H2,1-2H3,(H,21,22)(H,23,24). The fourth-order valence-corrected chi connectivity index (χ4v) is 3.54. The SMILES string of the molecule is CC(C)C(NC(=O)CSc1ccc(Br)cc1)c1nc2ccccc2[nH]1. The van der Waals surface area contributed by atoms with Crippen molar-refractivity contribution in [3.05, 3.63) is 58.8 Å². The molecule has 0 bridgehead atoms. The molecule has 1 atom stereocenters. The minimum atomic E-state index is -0.134. The third kappa shape index (κ3) is 4.64. The molecule has 130 valence electrons. The molecule has 0 saturated heterocycles. The lowest BCUT2D eigenvalue weighted by Crippen LogP contribution is -2.33. The molecule has 0 radical (unpaired) electrons. The minimum Gasteiger partial charge on any atom is -0.345 e. The van der Waals surface area contributed by atoms with E-state index >= 15 is 0 Å². The van der Waals surface area contributed by atoms with Gasteiger partial charge in [-0.15, -0.1) is 11.8 Å². The van der Waals surface area contributed by atoms with E-state index in [-0.39, 0.29) is 17.9 Å². The van der Waals surface area contributed by atoms with Gasteiger partial charge in [-0.2, -0.15) is 0 Å². The van der Waals surface area contributed by atoms with Crippen molar-refractivity contribution in [1.82, 2.24) is 15.3 Å². The molecule has 3 rings (SSSR count). The number of nitrogens with one attached hydrogen (secondary N) is 2. The van der Waals surface area contributed by atoms with Crippen LogP contribution in [0.5, 0.6) is 0 Å². The average Bonchev–Trinajstić information content (AvgIpc) is 3.02. The molecule has 1 heterocycles. The number of carbonyl (C=O) groups excluding carboxylic acids is 1. The molecule has 0 spiro atoms. The molecule has 0 fully saturated rings. The largest absolute Gasteiger partial charge is 0.345 e. The predicted octanol–water partition coefficient (Wildman–Crippen LogP) is 4.93. The number of thioether (sulfide) groups is 1. The van der Waals surface area contributed by atoms with Gasteiger partial charge in [0.05, 0.1) is 22.8 Å². The van der Waals surface area contributed by atoms with Gasteiger partial charge in [-0.05, 0) is 42.3 Å². The summed E-state index contributed by atoms with van der Waals surface area (Å²) in [5.74, 6) is 1.43. The Hall–Kier alpha value is -1.79. The van der Waals surface area contributed by atoms with Crippen molar-refractivity contribution in [2.24, 2.45) is 5.92 Å². The number of H-pyrrole nitrogens is 1. The van der Waals surface area contributed by atoms with E-state index in [9.17, 15) is 4.79 Å². The highest BCUT2D eigenvalue weighted by Gasteiger charge is 2.21. The fraction of sp³-hybridized carbons (Fsp3) is 0.263. The smallest absolute Gasteiger partial charge is 0.230 e. The minimum absolute atomic E-state index is 0.00655. The molecule has 1 amide bonds. The molecule has 0 saturated carbocycles. The van der Waals surface area contributed by atoms with Crippen LogP contribution in [0.1, 0.15) is 25.7 Å². The van der Waals surface area contributed by atoms with Gasteiger partial charge < -0.3 is 10.3 Å². The predicted molar refractivity (Wildman–Crippen MR) is 107 cm³/mol. The van der Waals surface area contributed by atoms with Gasteiger partial charge in [-0.25, -0.2) is 4.98 Å². The molecule has 2 aromatic carbocycles. The van der Waals surface area contributed by atoms with Crippen LogP contribution in [0.3, 0.4) is 0 Å². The van der Waals surface area contributed by atoms with Gasteiger partial charge in [0.2, 0.25) is 5.91 Å². The van der Waals surface area contributed by atoms with Crippen LogP contribution in [0.4, 0.5) is 0 Å². The molecule has 25 heavy (non-hydrogen) atoms. The van der Waals surface area contributed by atoms with E-state index in [1.54, 1.807) is 0 Å². The second-order valence-electron chi connectivity index (χ2n) is 6.17. The van der Waals surface area contributed by atoms with E-state index in [0.29, 0.717) is 5.75 Å². The van der Waals surface area contributed by atoms with Crippen LogP contribution in [-0.4, -0.2) is 21.6 Å². The first-order chi connectivity index (χ1) is 12.0. The number of hydrogen-bond donors (Lipinski definition) is 2. The number of imidazole rings is 1. The quantitative estimate of drug-likeness (QED) is 0.558. The van der Waals surface area contributed by atoms with Crippen molar-refractivity contribution < 1.29 is 4.79 Å². The maximum Gasteiger partial charge on any atom is 0.230 e. The van der Waals surface area contributed by atoms with Crippen molar-refractivity contribution in [3.8, 4) is 0 Å². The number of halogens is 1. The van der Waals surface area contributed by atoms with Gasteiger partial charge in [0.25, 0.3) is 0 Å². The van der Waals surface area contributed by atoms with Gasteiger partial charge in [-0.3, -0.25) is 4.79 Å². The first-order valence-corrected chi connectivity index (χ1v) is 9.93. The molecular formula is C19H20BrN3OS. The van der Waals surface area contributed by atoms with E-state index < -0.39 is 0 Å². The topological polar surface area (TPSA) is 57.8 Å². The van der Waals surface area contributed by atoms with Crippen molar-refractivity contribution in [3.63, 3.8) is 0 Å². The second kappa shape index (κ2) is 8.06. The van der Waals surface area contributed by atoms with Gasteiger partial charge in [0, 0.05) is 9.37 Å². The molecule has 1 unspecified atom stereocenters. The summed E-state index contributed by atoms with van der Waals surface area (Å²) in [6.07, 6.45) is 0. The summed E-state index contributed by atoms with van der Waals surface area (Å²) >= 11 is 4.94. The lowest BCUT2D eigenvalue weighted by atomic mass is 10.0. The Balaban J connectivity index is 1.66. The van der Waals surface area contributed by atoms with Crippen LogP contribution >= 0.6 is 27.7 Å². The molecule has 0 aliphatic rings. The summed E-state index contributed by atoms with van der Waals surface area (Å²) in [6.45, 7) is 4.17. The number of para-hydroxylation sites is 2. The summed E-state index contributed by atoms with van der Waals surface area (Å²) in [6, 6.07) is 15.7. The Kier molecular flexibility index (Phi) is 5.81. The third-order valence-corrected chi connectivity index (χ3v) is 5.41. The number of carbonyl (C=O) groups is 1.